The van der Waals surface area contributed by atoms with E-state index in [1.807, 2.05) is 54.3 Å². The monoisotopic (exact) mass is 368 g/mol. The molecule has 0 spiro atoms. The first-order valence-electron chi connectivity index (χ1n) is 8.89. The van der Waals surface area contributed by atoms with Crippen LogP contribution in [0, 0.1) is 6.92 Å². The smallest absolute Gasteiger partial charge is 0.237 e. The second kappa shape index (κ2) is 8.41. The Morgan fingerprint density at radius 2 is 1.96 bits per heavy atom. The Hall–Kier alpha value is -2.27. The van der Waals surface area contributed by atoms with Gasteiger partial charge in [-0.05, 0) is 56.0 Å². The summed E-state index contributed by atoms with van der Waals surface area (Å²) in [5, 5.41) is 2.88. The minimum absolute atomic E-state index is 0.0676. The third kappa shape index (κ3) is 4.47. The zero-order chi connectivity index (χ0) is 18.5. The normalized spacial score (nSPS) is 16.1. The Kier molecular flexibility index (Phi) is 5.99. The molecule has 0 saturated carbocycles. The Morgan fingerprint density at radius 1 is 1.15 bits per heavy atom. The molecule has 1 N–H and O–H groups in total. The van der Waals surface area contributed by atoms with Gasteiger partial charge in [0.05, 0.1) is 11.5 Å². The number of amides is 2. The van der Waals surface area contributed by atoms with E-state index in [0.717, 1.165) is 29.8 Å². The number of benzene rings is 2. The fourth-order valence-electron chi connectivity index (χ4n) is 3.29. The van der Waals surface area contributed by atoms with Gasteiger partial charge in [0.1, 0.15) is 0 Å². The lowest BCUT2D eigenvalue weighted by molar-refractivity contribution is -0.116. The van der Waals surface area contributed by atoms with Gasteiger partial charge in [0, 0.05) is 17.4 Å². The Bertz CT molecular complexity index is 806. The molecule has 26 heavy (non-hydrogen) atoms. The first-order valence-corrected chi connectivity index (χ1v) is 10.0. The fourth-order valence-corrected chi connectivity index (χ4v) is 3.96. The van der Waals surface area contributed by atoms with E-state index in [1.54, 1.807) is 0 Å². The van der Waals surface area contributed by atoms with Gasteiger partial charge in [0.25, 0.3) is 0 Å². The van der Waals surface area contributed by atoms with Crippen LogP contribution in [-0.4, -0.2) is 29.4 Å². The number of nitrogens with zero attached hydrogens (tertiary/aromatic N) is 1. The number of hydrogen-bond donors (Lipinski definition) is 1. The van der Waals surface area contributed by atoms with E-state index in [-0.39, 0.29) is 23.6 Å². The molecule has 2 amide bonds. The maximum atomic E-state index is 12.7. The van der Waals surface area contributed by atoms with E-state index >= 15 is 0 Å². The number of nitrogens with one attached hydrogen (secondary N) is 1. The molecule has 1 heterocycles. The summed E-state index contributed by atoms with van der Waals surface area (Å²) in [5.41, 5.74) is 4.13. The van der Waals surface area contributed by atoms with Crippen molar-refractivity contribution in [3.63, 3.8) is 0 Å². The lowest BCUT2D eigenvalue weighted by atomic mass is 9.97. The van der Waals surface area contributed by atoms with E-state index in [0.29, 0.717) is 5.75 Å². The SMILES string of the molecule is Cc1cccc(NC(=O)CSCC(=O)N2c3ccccc3CCC2C)c1. The number of fused-ring (bicyclic) bond motifs is 1. The summed E-state index contributed by atoms with van der Waals surface area (Å²) in [6.07, 6.45) is 1.98. The van der Waals surface area contributed by atoms with Gasteiger partial charge < -0.3 is 10.2 Å². The number of carbonyl (C=O) groups excluding carboxylic acids is 2. The molecule has 1 unspecified atom stereocenters. The largest absolute Gasteiger partial charge is 0.325 e. The summed E-state index contributed by atoms with van der Waals surface area (Å²) in [7, 11) is 0. The average molecular weight is 369 g/mol. The Morgan fingerprint density at radius 3 is 2.77 bits per heavy atom. The zero-order valence-corrected chi connectivity index (χ0v) is 16.0. The van der Waals surface area contributed by atoms with Crippen molar-refractivity contribution in [3.8, 4) is 0 Å². The van der Waals surface area contributed by atoms with Crippen molar-refractivity contribution in [3.05, 3.63) is 59.7 Å². The molecule has 4 nitrogen and oxygen atoms in total. The number of anilines is 2. The van der Waals surface area contributed by atoms with Crippen molar-refractivity contribution in [2.75, 3.05) is 21.7 Å². The highest BCUT2D eigenvalue weighted by molar-refractivity contribution is 8.00. The highest BCUT2D eigenvalue weighted by atomic mass is 32.2. The molecule has 0 aliphatic carbocycles. The number of thioether (sulfide) groups is 1. The zero-order valence-electron chi connectivity index (χ0n) is 15.2. The van der Waals surface area contributed by atoms with Crippen LogP contribution < -0.4 is 10.2 Å². The first kappa shape index (κ1) is 18.5. The summed E-state index contributed by atoms with van der Waals surface area (Å²) in [4.78, 5) is 26.7. The molecule has 1 aliphatic rings. The molecule has 5 heteroatoms. The third-order valence-corrected chi connectivity index (χ3v) is 5.47. The summed E-state index contributed by atoms with van der Waals surface area (Å²) >= 11 is 1.36. The predicted octanol–water partition coefficient (Wildman–Crippen LogP) is 4.03. The quantitative estimate of drug-likeness (QED) is 0.867. The summed E-state index contributed by atoms with van der Waals surface area (Å²) in [5.74, 6) is 0.558. The summed E-state index contributed by atoms with van der Waals surface area (Å²) in [6, 6.07) is 16.0. The molecular weight excluding hydrogens is 344 g/mol. The molecule has 3 rings (SSSR count). The van der Waals surface area contributed by atoms with Crippen LogP contribution in [-0.2, 0) is 16.0 Å². The van der Waals surface area contributed by atoms with Crippen molar-refractivity contribution < 1.29 is 9.59 Å². The highest BCUT2D eigenvalue weighted by Crippen LogP contribution is 2.30. The molecule has 0 bridgehead atoms. The van der Waals surface area contributed by atoms with E-state index in [1.165, 1.54) is 17.3 Å². The van der Waals surface area contributed by atoms with Crippen molar-refractivity contribution in [1.82, 2.24) is 0 Å². The van der Waals surface area contributed by atoms with Gasteiger partial charge >= 0.3 is 0 Å². The highest BCUT2D eigenvalue weighted by Gasteiger charge is 2.27. The number of rotatable bonds is 5. The molecule has 1 atom stereocenters. The van der Waals surface area contributed by atoms with Crippen LogP contribution in [0.3, 0.4) is 0 Å². The van der Waals surface area contributed by atoms with E-state index < -0.39 is 0 Å². The summed E-state index contributed by atoms with van der Waals surface area (Å²) in [6.45, 7) is 4.07. The molecule has 0 saturated heterocycles. The van der Waals surface area contributed by atoms with Crippen LogP contribution in [0.2, 0.25) is 0 Å². The second-order valence-corrected chi connectivity index (χ2v) is 7.68. The van der Waals surface area contributed by atoms with Gasteiger partial charge in [-0.3, -0.25) is 9.59 Å². The van der Waals surface area contributed by atoms with Crippen molar-refractivity contribution >= 4 is 35.0 Å². The molecule has 0 radical (unpaired) electrons. The molecule has 1 aliphatic heterocycles. The number of aryl methyl sites for hydroxylation is 2. The van der Waals surface area contributed by atoms with Crippen LogP contribution in [0.1, 0.15) is 24.5 Å². The fraction of sp³-hybridized carbons (Fsp3) is 0.333. The topological polar surface area (TPSA) is 49.4 Å². The number of carbonyl (C=O) groups is 2. The maximum Gasteiger partial charge on any atom is 0.237 e. The van der Waals surface area contributed by atoms with Crippen LogP contribution >= 0.6 is 11.8 Å². The van der Waals surface area contributed by atoms with E-state index in [9.17, 15) is 9.59 Å². The number of para-hydroxylation sites is 1. The van der Waals surface area contributed by atoms with Gasteiger partial charge in [0.2, 0.25) is 11.8 Å². The maximum absolute atomic E-state index is 12.7. The van der Waals surface area contributed by atoms with Gasteiger partial charge in [0.15, 0.2) is 0 Å². The lowest BCUT2D eigenvalue weighted by Crippen LogP contribution is -2.43. The Labute approximate surface area is 159 Å². The van der Waals surface area contributed by atoms with Crippen LogP contribution in [0.15, 0.2) is 48.5 Å². The van der Waals surface area contributed by atoms with Crippen LogP contribution in [0.4, 0.5) is 11.4 Å². The van der Waals surface area contributed by atoms with Gasteiger partial charge in [-0.2, -0.15) is 0 Å². The molecule has 0 aromatic heterocycles. The molecule has 136 valence electrons. The summed E-state index contributed by atoms with van der Waals surface area (Å²) < 4.78 is 0. The Balaban J connectivity index is 1.53. The minimum Gasteiger partial charge on any atom is -0.325 e. The molecule has 2 aromatic carbocycles. The third-order valence-electron chi connectivity index (χ3n) is 4.55. The molecular formula is C21H24N2O2S. The second-order valence-electron chi connectivity index (χ2n) is 6.69. The average Bonchev–Trinajstić information content (AvgIpc) is 2.61. The van der Waals surface area contributed by atoms with E-state index in [4.69, 9.17) is 0 Å². The van der Waals surface area contributed by atoms with Gasteiger partial charge in [-0.1, -0.05) is 30.3 Å². The molecule has 2 aromatic rings. The van der Waals surface area contributed by atoms with Crippen LogP contribution in [0.25, 0.3) is 0 Å². The lowest BCUT2D eigenvalue weighted by Gasteiger charge is -2.35. The molecule has 0 fully saturated rings. The van der Waals surface area contributed by atoms with Crippen molar-refractivity contribution in [1.29, 1.82) is 0 Å². The minimum atomic E-state index is -0.0829. The number of hydrogen-bond acceptors (Lipinski definition) is 3. The standard InChI is InChI=1S/C21H24N2O2S/c1-15-6-5-8-18(12-15)22-20(24)13-26-14-21(25)23-16(2)10-11-17-7-3-4-9-19(17)23/h3-9,12,16H,10-11,13-14H2,1-2H3,(H,22,24). The first-order chi connectivity index (χ1) is 12.5. The van der Waals surface area contributed by atoms with Gasteiger partial charge in [-0.25, -0.2) is 0 Å². The van der Waals surface area contributed by atoms with E-state index in [2.05, 4.69) is 18.3 Å². The van der Waals surface area contributed by atoms with Crippen molar-refractivity contribution in [2.24, 2.45) is 0 Å². The van der Waals surface area contributed by atoms with Crippen molar-refractivity contribution in [2.45, 2.75) is 32.7 Å². The predicted molar refractivity (Wildman–Crippen MR) is 109 cm³/mol. The van der Waals surface area contributed by atoms with Crippen LogP contribution in [0.5, 0.6) is 0 Å². The van der Waals surface area contributed by atoms with Gasteiger partial charge in [-0.15, -0.1) is 11.8 Å².